The lowest BCUT2D eigenvalue weighted by molar-refractivity contribution is 0.584. The minimum absolute atomic E-state index is 0.0827. The van der Waals surface area contributed by atoms with E-state index in [0.717, 1.165) is 16.4 Å². The van der Waals surface area contributed by atoms with Crippen LogP contribution in [0.1, 0.15) is 49.3 Å². The zero-order chi connectivity index (χ0) is 14.9. The third kappa shape index (κ3) is 3.30. The summed E-state index contributed by atoms with van der Waals surface area (Å²) < 4.78 is 0. The van der Waals surface area contributed by atoms with Crippen molar-refractivity contribution in [3.05, 3.63) is 39.1 Å². The van der Waals surface area contributed by atoms with Gasteiger partial charge in [-0.15, -0.1) is 11.3 Å². The topological polar surface area (TPSA) is 37.8 Å². The predicted octanol–water partition coefficient (Wildman–Crippen LogP) is 4.97. The van der Waals surface area contributed by atoms with E-state index in [0.29, 0.717) is 5.02 Å². The van der Waals surface area contributed by atoms with E-state index in [1.165, 1.54) is 4.88 Å². The van der Waals surface area contributed by atoms with Crippen molar-refractivity contribution in [3.8, 4) is 0 Å². The number of aromatic nitrogens is 2. The smallest absolute Gasteiger partial charge is 0.0985 e. The fraction of sp³-hybridized carbons (Fsp3) is 0.467. The summed E-state index contributed by atoms with van der Waals surface area (Å²) in [6.45, 7) is 10.7. The standard InChI is InChI=1S/C15H20ClN3S/c1-9(18-12-8-17-7-6-11(12)16)13-10(2)19-14(20-13)15(3,4)5/h6-9,18H,1-5H3. The maximum Gasteiger partial charge on any atom is 0.0985 e. The quantitative estimate of drug-likeness (QED) is 0.869. The van der Waals surface area contributed by atoms with E-state index >= 15 is 0 Å². The van der Waals surface area contributed by atoms with Crippen molar-refractivity contribution in [1.29, 1.82) is 0 Å². The molecule has 2 heterocycles. The van der Waals surface area contributed by atoms with E-state index in [-0.39, 0.29) is 11.5 Å². The monoisotopic (exact) mass is 309 g/mol. The molecule has 20 heavy (non-hydrogen) atoms. The van der Waals surface area contributed by atoms with Gasteiger partial charge in [0.25, 0.3) is 0 Å². The molecule has 0 saturated heterocycles. The van der Waals surface area contributed by atoms with Crippen molar-refractivity contribution in [2.45, 2.75) is 46.1 Å². The number of hydrogen-bond donors (Lipinski definition) is 1. The molecule has 1 unspecified atom stereocenters. The Morgan fingerprint density at radius 1 is 1.35 bits per heavy atom. The van der Waals surface area contributed by atoms with Crippen LogP contribution < -0.4 is 5.32 Å². The van der Waals surface area contributed by atoms with Crippen LogP contribution in [0.15, 0.2) is 18.5 Å². The summed E-state index contributed by atoms with van der Waals surface area (Å²) in [6.07, 6.45) is 3.44. The van der Waals surface area contributed by atoms with E-state index in [1.807, 2.05) is 0 Å². The molecule has 0 aliphatic heterocycles. The fourth-order valence-electron chi connectivity index (χ4n) is 1.91. The molecule has 0 saturated carbocycles. The second kappa shape index (κ2) is 5.70. The molecule has 0 spiro atoms. The molecule has 0 aromatic carbocycles. The lowest BCUT2D eigenvalue weighted by Crippen LogP contribution is -2.10. The van der Waals surface area contributed by atoms with E-state index in [9.17, 15) is 0 Å². The minimum atomic E-state index is 0.0827. The summed E-state index contributed by atoms with van der Waals surface area (Å²) in [7, 11) is 0. The Kier molecular flexibility index (Phi) is 4.35. The van der Waals surface area contributed by atoms with E-state index in [4.69, 9.17) is 16.6 Å². The predicted molar refractivity (Wildman–Crippen MR) is 86.8 cm³/mol. The number of aryl methyl sites for hydroxylation is 1. The average molecular weight is 310 g/mol. The van der Waals surface area contributed by atoms with Crippen LogP contribution in [0.25, 0.3) is 0 Å². The highest BCUT2D eigenvalue weighted by Crippen LogP contribution is 2.34. The zero-order valence-electron chi connectivity index (χ0n) is 12.5. The molecule has 0 amide bonds. The number of nitrogens with zero attached hydrogens (tertiary/aromatic N) is 2. The van der Waals surface area contributed by atoms with Gasteiger partial charge in [-0.05, 0) is 19.9 Å². The van der Waals surface area contributed by atoms with Crippen LogP contribution in [0.5, 0.6) is 0 Å². The van der Waals surface area contributed by atoms with Crippen molar-refractivity contribution in [2.75, 3.05) is 5.32 Å². The second-order valence-electron chi connectivity index (χ2n) is 5.94. The lowest BCUT2D eigenvalue weighted by Gasteiger charge is -2.16. The normalized spacial score (nSPS) is 13.3. The van der Waals surface area contributed by atoms with E-state index in [1.54, 1.807) is 29.8 Å². The van der Waals surface area contributed by atoms with Crippen LogP contribution in [-0.2, 0) is 5.41 Å². The Morgan fingerprint density at radius 2 is 2.05 bits per heavy atom. The summed E-state index contributed by atoms with van der Waals surface area (Å²) in [6, 6.07) is 1.95. The molecule has 1 atom stereocenters. The number of rotatable bonds is 3. The Morgan fingerprint density at radius 3 is 2.60 bits per heavy atom. The molecule has 2 aromatic heterocycles. The molecule has 108 valence electrons. The van der Waals surface area contributed by atoms with Crippen molar-refractivity contribution in [3.63, 3.8) is 0 Å². The van der Waals surface area contributed by atoms with Crippen LogP contribution in [0, 0.1) is 6.92 Å². The van der Waals surface area contributed by atoms with Gasteiger partial charge >= 0.3 is 0 Å². The first kappa shape index (κ1) is 15.3. The molecule has 5 heteroatoms. The van der Waals surface area contributed by atoms with Crippen molar-refractivity contribution >= 4 is 28.6 Å². The molecule has 2 rings (SSSR count). The molecule has 0 radical (unpaired) electrons. The van der Waals surface area contributed by atoms with Crippen LogP contribution in [0.4, 0.5) is 5.69 Å². The van der Waals surface area contributed by atoms with Crippen molar-refractivity contribution in [1.82, 2.24) is 9.97 Å². The maximum atomic E-state index is 6.16. The molecule has 0 aliphatic rings. The maximum absolute atomic E-state index is 6.16. The fourth-order valence-corrected chi connectivity index (χ4v) is 3.20. The van der Waals surface area contributed by atoms with Gasteiger partial charge in [-0.25, -0.2) is 4.98 Å². The average Bonchev–Trinajstić information content (AvgIpc) is 2.74. The first-order valence-corrected chi connectivity index (χ1v) is 7.82. The third-order valence-electron chi connectivity index (χ3n) is 3.01. The first-order chi connectivity index (χ1) is 9.29. The summed E-state index contributed by atoms with van der Waals surface area (Å²) in [5.74, 6) is 0. The Labute approximate surface area is 129 Å². The van der Waals surface area contributed by atoms with Crippen LogP contribution in [0.2, 0.25) is 5.02 Å². The van der Waals surface area contributed by atoms with Crippen LogP contribution in [0.3, 0.4) is 0 Å². The number of anilines is 1. The molecule has 0 fully saturated rings. The van der Waals surface area contributed by atoms with Gasteiger partial charge in [-0.3, -0.25) is 4.98 Å². The third-order valence-corrected chi connectivity index (χ3v) is 5.10. The van der Waals surface area contributed by atoms with E-state index < -0.39 is 0 Å². The van der Waals surface area contributed by atoms with Gasteiger partial charge in [-0.2, -0.15) is 0 Å². The summed E-state index contributed by atoms with van der Waals surface area (Å²) in [5, 5.41) is 5.26. The molecule has 3 nitrogen and oxygen atoms in total. The Balaban J connectivity index is 2.24. The largest absolute Gasteiger partial charge is 0.375 e. The van der Waals surface area contributed by atoms with Gasteiger partial charge in [-0.1, -0.05) is 32.4 Å². The van der Waals surface area contributed by atoms with Gasteiger partial charge in [0.15, 0.2) is 0 Å². The van der Waals surface area contributed by atoms with Gasteiger partial charge in [0, 0.05) is 16.5 Å². The summed E-state index contributed by atoms with van der Waals surface area (Å²) in [4.78, 5) is 10.0. The Bertz CT molecular complexity index is 601. The first-order valence-electron chi connectivity index (χ1n) is 6.63. The number of thiazole rings is 1. The molecule has 0 bridgehead atoms. The van der Waals surface area contributed by atoms with Crippen molar-refractivity contribution < 1.29 is 0 Å². The second-order valence-corrected chi connectivity index (χ2v) is 7.38. The summed E-state index contributed by atoms with van der Waals surface area (Å²) in [5.41, 5.74) is 2.02. The number of hydrogen-bond acceptors (Lipinski definition) is 4. The van der Waals surface area contributed by atoms with Gasteiger partial charge < -0.3 is 5.32 Å². The Hall–Kier alpha value is -1.13. The molecule has 1 N–H and O–H groups in total. The molecule has 2 aromatic rings. The number of pyridine rings is 1. The lowest BCUT2D eigenvalue weighted by atomic mass is 9.98. The highest BCUT2D eigenvalue weighted by atomic mass is 35.5. The van der Waals surface area contributed by atoms with Gasteiger partial charge in [0.1, 0.15) is 0 Å². The molecule has 0 aliphatic carbocycles. The zero-order valence-corrected chi connectivity index (χ0v) is 14.1. The minimum Gasteiger partial charge on any atom is -0.375 e. The van der Waals surface area contributed by atoms with Gasteiger partial charge in [0.2, 0.25) is 0 Å². The van der Waals surface area contributed by atoms with Crippen LogP contribution >= 0.6 is 22.9 Å². The van der Waals surface area contributed by atoms with Crippen LogP contribution in [-0.4, -0.2) is 9.97 Å². The molecular weight excluding hydrogens is 290 g/mol. The summed E-state index contributed by atoms with van der Waals surface area (Å²) >= 11 is 7.92. The number of halogens is 1. The SMILES string of the molecule is Cc1nc(C(C)(C)C)sc1C(C)Nc1cnccc1Cl. The highest BCUT2D eigenvalue weighted by Gasteiger charge is 2.22. The number of nitrogens with one attached hydrogen (secondary N) is 1. The van der Waals surface area contributed by atoms with Crippen molar-refractivity contribution in [2.24, 2.45) is 0 Å². The van der Waals surface area contributed by atoms with Gasteiger partial charge in [0.05, 0.1) is 33.7 Å². The molecular formula is C15H20ClN3S. The van der Waals surface area contributed by atoms with E-state index in [2.05, 4.69) is 44.9 Å². The highest BCUT2D eigenvalue weighted by molar-refractivity contribution is 7.12.